The molecule has 116 valence electrons. The van der Waals surface area contributed by atoms with Gasteiger partial charge in [0.1, 0.15) is 0 Å². The highest BCUT2D eigenvalue weighted by Crippen LogP contribution is 2.29. The molecule has 2 rings (SSSR count). The minimum absolute atomic E-state index is 0.353. The van der Waals surface area contributed by atoms with Gasteiger partial charge in [-0.3, -0.25) is 0 Å². The molecule has 0 amide bonds. The van der Waals surface area contributed by atoms with Crippen molar-refractivity contribution in [2.75, 3.05) is 0 Å². The molecule has 0 atom stereocenters. The van der Waals surface area contributed by atoms with Crippen molar-refractivity contribution >= 4 is 12.0 Å². The molecule has 1 aromatic heterocycles. The summed E-state index contributed by atoms with van der Waals surface area (Å²) < 4.78 is 37.6. The summed E-state index contributed by atoms with van der Waals surface area (Å²) in [6, 6.07) is 6.38. The summed E-state index contributed by atoms with van der Waals surface area (Å²) in [6.45, 7) is 0. The molecule has 0 unspecified atom stereocenters. The monoisotopic (exact) mass is 313 g/mol. The molecule has 0 radical (unpaired) electrons. The summed E-state index contributed by atoms with van der Waals surface area (Å²) in [7, 11) is 0. The molecule has 0 aliphatic carbocycles. The highest BCUT2D eigenvalue weighted by Gasteiger charge is 2.29. The van der Waals surface area contributed by atoms with Gasteiger partial charge in [-0.15, -0.1) is 4.73 Å². The normalized spacial score (nSPS) is 11.8. The van der Waals surface area contributed by atoms with Gasteiger partial charge in [-0.25, -0.2) is 4.79 Å². The predicted molar refractivity (Wildman–Crippen MR) is 69.8 cm³/mol. The van der Waals surface area contributed by atoms with Gasteiger partial charge in [0, 0.05) is 18.2 Å². The number of hydrogen-bond donors (Lipinski definition) is 2. The summed E-state index contributed by atoms with van der Waals surface area (Å²) in [5, 5.41) is 18.5. The average Bonchev–Trinajstić information content (AvgIpc) is 2.76. The number of hydrogen-bond acceptors (Lipinski definition) is 4. The Hall–Kier alpha value is -2.90. The quantitative estimate of drug-likeness (QED) is 0.854. The zero-order valence-electron chi connectivity index (χ0n) is 10.9. The number of alkyl halides is 3. The maximum Gasteiger partial charge on any atom is 0.416 e. The Labute approximate surface area is 122 Å². The standard InChI is InChI=1S/C14H10F3NO4/c15-14(16,17)10-4-1-9(2-5-10)3-8-13(21)22-18-11(19)6-7-12(18)20/h1-8,19-20H. The lowest BCUT2D eigenvalue weighted by molar-refractivity contribution is -0.139. The number of benzene rings is 1. The minimum atomic E-state index is -4.43. The molecule has 1 aromatic carbocycles. The Bertz CT molecular complexity index is 682. The lowest BCUT2D eigenvalue weighted by Crippen LogP contribution is -2.16. The Morgan fingerprint density at radius 1 is 1.05 bits per heavy atom. The van der Waals surface area contributed by atoms with Gasteiger partial charge >= 0.3 is 12.1 Å². The van der Waals surface area contributed by atoms with Crippen LogP contribution in [0.25, 0.3) is 6.08 Å². The Kier molecular flexibility index (Phi) is 4.11. The molecule has 2 N–H and O–H groups in total. The van der Waals surface area contributed by atoms with E-state index >= 15 is 0 Å². The molecular weight excluding hydrogens is 303 g/mol. The van der Waals surface area contributed by atoms with Gasteiger partial charge in [-0.2, -0.15) is 13.2 Å². The van der Waals surface area contributed by atoms with Gasteiger partial charge in [0.15, 0.2) is 0 Å². The van der Waals surface area contributed by atoms with Crippen LogP contribution in [0.4, 0.5) is 13.2 Å². The first-order valence-electron chi connectivity index (χ1n) is 5.94. The van der Waals surface area contributed by atoms with E-state index in [1.54, 1.807) is 0 Å². The molecule has 22 heavy (non-hydrogen) atoms. The van der Waals surface area contributed by atoms with E-state index in [1.807, 2.05) is 0 Å². The smallest absolute Gasteiger partial charge is 0.416 e. The SMILES string of the molecule is O=C(C=Cc1ccc(C(F)(F)F)cc1)On1c(O)ccc1O. The Morgan fingerprint density at radius 3 is 2.09 bits per heavy atom. The third-order valence-corrected chi connectivity index (χ3v) is 2.63. The number of nitrogens with zero attached hydrogens (tertiary/aromatic N) is 1. The van der Waals surface area contributed by atoms with Crippen LogP contribution in [0.2, 0.25) is 0 Å². The van der Waals surface area contributed by atoms with E-state index in [-0.39, 0.29) is 0 Å². The number of rotatable bonds is 3. The molecular formula is C14H10F3NO4. The molecule has 2 aromatic rings. The van der Waals surface area contributed by atoms with Crippen LogP contribution in [0.5, 0.6) is 11.8 Å². The Morgan fingerprint density at radius 2 is 1.59 bits per heavy atom. The molecule has 0 aliphatic heterocycles. The first-order valence-corrected chi connectivity index (χ1v) is 5.94. The second-order valence-electron chi connectivity index (χ2n) is 4.21. The lowest BCUT2D eigenvalue weighted by atomic mass is 10.1. The van der Waals surface area contributed by atoms with Crippen molar-refractivity contribution in [2.24, 2.45) is 0 Å². The van der Waals surface area contributed by atoms with Gasteiger partial charge in [-0.1, -0.05) is 12.1 Å². The van der Waals surface area contributed by atoms with Gasteiger partial charge in [0.2, 0.25) is 11.8 Å². The molecule has 0 bridgehead atoms. The van der Waals surface area contributed by atoms with Crippen LogP contribution < -0.4 is 4.84 Å². The first kappa shape index (κ1) is 15.5. The van der Waals surface area contributed by atoms with Gasteiger partial charge in [0.05, 0.1) is 5.56 Å². The highest BCUT2D eigenvalue weighted by atomic mass is 19.4. The molecule has 8 heteroatoms. The van der Waals surface area contributed by atoms with Crippen molar-refractivity contribution in [3.63, 3.8) is 0 Å². The van der Waals surface area contributed by atoms with Crippen molar-refractivity contribution in [3.8, 4) is 11.8 Å². The first-order chi connectivity index (χ1) is 10.3. The third-order valence-electron chi connectivity index (χ3n) is 2.63. The maximum absolute atomic E-state index is 12.4. The summed E-state index contributed by atoms with van der Waals surface area (Å²) in [4.78, 5) is 16.1. The predicted octanol–water partition coefficient (Wildman–Crippen LogP) is 2.59. The minimum Gasteiger partial charge on any atom is -0.492 e. The number of aromatic hydroxyl groups is 2. The van der Waals surface area contributed by atoms with Crippen LogP contribution in [0, 0.1) is 0 Å². The molecule has 0 aliphatic rings. The molecule has 0 spiro atoms. The topological polar surface area (TPSA) is 71.7 Å². The lowest BCUT2D eigenvalue weighted by Gasteiger charge is -2.06. The number of carbonyl (C=O) groups excluding carboxylic acids is 1. The average molecular weight is 313 g/mol. The molecule has 1 heterocycles. The second-order valence-corrected chi connectivity index (χ2v) is 4.21. The molecule has 0 saturated carbocycles. The second kappa shape index (κ2) is 5.84. The largest absolute Gasteiger partial charge is 0.492 e. The van der Waals surface area contributed by atoms with E-state index in [1.165, 1.54) is 18.2 Å². The van der Waals surface area contributed by atoms with E-state index in [9.17, 15) is 28.2 Å². The highest BCUT2D eigenvalue weighted by molar-refractivity contribution is 5.87. The maximum atomic E-state index is 12.4. The van der Waals surface area contributed by atoms with Crippen molar-refractivity contribution in [3.05, 3.63) is 53.6 Å². The summed E-state index contributed by atoms with van der Waals surface area (Å²) in [5.74, 6) is -1.88. The summed E-state index contributed by atoms with van der Waals surface area (Å²) >= 11 is 0. The van der Waals surface area contributed by atoms with Crippen LogP contribution in [-0.2, 0) is 11.0 Å². The van der Waals surface area contributed by atoms with Crippen LogP contribution in [0.3, 0.4) is 0 Å². The summed E-state index contributed by atoms with van der Waals surface area (Å²) in [5.41, 5.74) is -0.444. The van der Waals surface area contributed by atoms with E-state index < -0.39 is 29.5 Å². The van der Waals surface area contributed by atoms with Crippen molar-refractivity contribution < 1.29 is 33.0 Å². The van der Waals surface area contributed by atoms with Crippen molar-refractivity contribution in [1.29, 1.82) is 0 Å². The molecule has 0 fully saturated rings. The number of aromatic nitrogens is 1. The molecule has 0 saturated heterocycles. The van der Waals surface area contributed by atoms with E-state index in [2.05, 4.69) is 4.84 Å². The van der Waals surface area contributed by atoms with Crippen LogP contribution in [-0.4, -0.2) is 20.9 Å². The van der Waals surface area contributed by atoms with Crippen molar-refractivity contribution in [1.82, 2.24) is 4.73 Å². The van der Waals surface area contributed by atoms with Crippen molar-refractivity contribution in [2.45, 2.75) is 6.18 Å². The van der Waals surface area contributed by atoms with Crippen LogP contribution >= 0.6 is 0 Å². The number of carbonyl (C=O) groups is 1. The third kappa shape index (κ3) is 3.60. The zero-order valence-corrected chi connectivity index (χ0v) is 10.9. The summed E-state index contributed by atoms with van der Waals surface area (Å²) in [6.07, 6.45) is -2.24. The van der Waals surface area contributed by atoms with Crippen LogP contribution in [0.1, 0.15) is 11.1 Å². The van der Waals surface area contributed by atoms with Gasteiger partial charge in [0.25, 0.3) is 0 Å². The fourth-order valence-corrected chi connectivity index (χ4v) is 1.56. The van der Waals surface area contributed by atoms with Gasteiger partial charge < -0.3 is 15.1 Å². The van der Waals surface area contributed by atoms with Crippen LogP contribution in [0.15, 0.2) is 42.5 Å². The Balaban J connectivity index is 2.04. The fraction of sp³-hybridized carbons (Fsp3) is 0.0714. The zero-order chi connectivity index (χ0) is 16.3. The van der Waals surface area contributed by atoms with E-state index in [0.717, 1.165) is 30.3 Å². The molecule has 5 nitrogen and oxygen atoms in total. The van der Waals surface area contributed by atoms with Gasteiger partial charge in [-0.05, 0) is 23.8 Å². The number of halogens is 3. The van der Waals surface area contributed by atoms with E-state index in [4.69, 9.17) is 0 Å². The fourth-order valence-electron chi connectivity index (χ4n) is 1.56. The van der Waals surface area contributed by atoms with E-state index in [0.29, 0.717) is 10.3 Å².